The minimum Gasteiger partial charge on any atom is -0.348 e. The van der Waals surface area contributed by atoms with Crippen molar-refractivity contribution in [3.05, 3.63) is 22.4 Å². The van der Waals surface area contributed by atoms with Crippen LogP contribution in [0.3, 0.4) is 0 Å². The molecule has 3 heterocycles. The molecule has 5 heteroatoms. The second kappa shape index (κ2) is 5.90. The summed E-state index contributed by atoms with van der Waals surface area (Å²) in [6.07, 6.45) is 7.67. The van der Waals surface area contributed by atoms with Crippen molar-refractivity contribution in [1.29, 1.82) is 0 Å². The van der Waals surface area contributed by atoms with Crippen LogP contribution in [0.25, 0.3) is 0 Å². The third-order valence-electron chi connectivity index (χ3n) is 4.37. The van der Waals surface area contributed by atoms with Crippen molar-refractivity contribution < 1.29 is 4.79 Å². The summed E-state index contributed by atoms with van der Waals surface area (Å²) in [5.74, 6) is 0.0652. The van der Waals surface area contributed by atoms with E-state index in [9.17, 15) is 4.79 Å². The Morgan fingerprint density at radius 1 is 1.45 bits per heavy atom. The molecular formula is C15H22BrN3O. The Labute approximate surface area is 128 Å². The average molecular weight is 340 g/mol. The van der Waals surface area contributed by atoms with Crippen LogP contribution in [-0.4, -0.2) is 28.6 Å². The van der Waals surface area contributed by atoms with Crippen LogP contribution in [0.15, 0.2) is 16.7 Å². The fourth-order valence-electron chi connectivity index (χ4n) is 3.53. The summed E-state index contributed by atoms with van der Waals surface area (Å²) in [6, 6.07) is 3.45. The fourth-order valence-corrected chi connectivity index (χ4v) is 3.99. The highest BCUT2D eigenvalue weighted by atomic mass is 79.9. The van der Waals surface area contributed by atoms with Crippen molar-refractivity contribution in [3.8, 4) is 0 Å². The first-order chi connectivity index (χ1) is 9.65. The SMILES string of the molecule is CCCn1cc(Br)cc1C(=O)NC1CC2CCC(C1)N2. The molecule has 0 saturated carbocycles. The number of hydrogen-bond donors (Lipinski definition) is 2. The number of carbonyl (C=O) groups is 1. The normalized spacial score (nSPS) is 28.6. The molecule has 1 aromatic rings. The molecule has 20 heavy (non-hydrogen) atoms. The van der Waals surface area contributed by atoms with E-state index in [-0.39, 0.29) is 5.91 Å². The maximum absolute atomic E-state index is 12.5. The van der Waals surface area contributed by atoms with Crippen molar-refractivity contribution in [2.24, 2.45) is 0 Å². The maximum Gasteiger partial charge on any atom is 0.268 e. The molecule has 0 aromatic carbocycles. The van der Waals surface area contributed by atoms with Gasteiger partial charge in [-0.3, -0.25) is 4.79 Å². The van der Waals surface area contributed by atoms with Gasteiger partial charge in [-0.2, -0.15) is 0 Å². The van der Waals surface area contributed by atoms with Gasteiger partial charge < -0.3 is 15.2 Å². The summed E-state index contributed by atoms with van der Waals surface area (Å²) in [6.45, 7) is 3.01. The van der Waals surface area contributed by atoms with E-state index in [4.69, 9.17) is 0 Å². The van der Waals surface area contributed by atoms with E-state index in [0.717, 1.165) is 36.0 Å². The number of amides is 1. The summed E-state index contributed by atoms with van der Waals surface area (Å²) in [5, 5.41) is 6.83. The molecule has 1 amide bonds. The third-order valence-corrected chi connectivity index (χ3v) is 4.80. The molecule has 2 N–H and O–H groups in total. The molecule has 2 aliphatic rings. The van der Waals surface area contributed by atoms with E-state index in [1.165, 1.54) is 12.8 Å². The number of fused-ring (bicyclic) bond motifs is 2. The lowest BCUT2D eigenvalue weighted by Gasteiger charge is -2.29. The minimum atomic E-state index is 0.0652. The topological polar surface area (TPSA) is 46.1 Å². The molecule has 0 aliphatic carbocycles. The highest BCUT2D eigenvalue weighted by Gasteiger charge is 2.34. The molecular weight excluding hydrogens is 318 g/mol. The van der Waals surface area contributed by atoms with Gasteiger partial charge in [0.2, 0.25) is 0 Å². The number of hydrogen-bond acceptors (Lipinski definition) is 2. The molecule has 3 rings (SSSR count). The van der Waals surface area contributed by atoms with E-state index in [1.807, 2.05) is 16.8 Å². The number of nitrogens with zero attached hydrogens (tertiary/aromatic N) is 1. The maximum atomic E-state index is 12.5. The second-order valence-corrected chi connectivity index (χ2v) is 6.93. The largest absolute Gasteiger partial charge is 0.348 e. The Hall–Kier alpha value is -0.810. The summed E-state index contributed by atoms with van der Waals surface area (Å²) in [5.41, 5.74) is 0.768. The number of aromatic nitrogens is 1. The van der Waals surface area contributed by atoms with Crippen molar-refractivity contribution in [1.82, 2.24) is 15.2 Å². The number of carbonyl (C=O) groups excluding carboxylic acids is 1. The zero-order valence-corrected chi connectivity index (χ0v) is 13.4. The Morgan fingerprint density at radius 3 is 2.80 bits per heavy atom. The predicted octanol–water partition coefficient (Wildman–Crippen LogP) is 2.67. The smallest absolute Gasteiger partial charge is 0.268 e. The Balaban J connectivity index is 1.67. The Bertz CT molecular complexity index is 487. The van der Waals surface area contributed by atoms with Crippen molar-refractivity contribution >= 4 is 21.8 Å². The van der Waals surface area contributed by atoms with Crippen LogP contribution in [0.2, 0.25) is 0 Å². The number of aryl methyl sites for hydroxylation is 1. The average Bonchev–Trinajstić information content (AvgIpc) is 2.93. The molecule has 4 nitrogen and oxygen atoms in total. The van der Waals surface area contributed by atoms with Gasteiger partial charge in [0.25, 0.3) is 5.91 Å². The van der Waals surface area contributed by atoms with E-state index in [0.29, 0.717) is 18.1 Å². The number of nitrogens with one attached hydrogen (secondary N) is 2. The molecule has 2 bridgehead atoms. The van der Waals surface area contributed by atoms with Crippen LogP contribution in [0, 0.1) is 0 Å². The van der Waals surface area contributed by atoms with Gasteiger partial charge in [0.15, 0.2) is 0 Å². The number of piperidine rings is 1. The highest BCUT2D eigenvalue weighted by Crippen LogP contribution is 2.27. The van der Waals surface area contributed by atoms with Gasteiger partial charge in [0.05, 0.1) is 0 Å². The molecule has 2 unspecified atom stereocenters. The van der Waals surface area contributed by atoms with Gasteiger partial charge in [-0.1, -0.05) is 6.92 Å². The molecule has 2 atom stereocenters. The van der Waals surface area contributed by atoms with Crippen LogP contribution in [-0.2, 0) is 6.54 Å². The monoisotopic (exact) mass is 339 g/mol. The minimum absolute atomic E-state index is 0.0652. The third kappa shape index (κ3) is 2.93. The Kier molecular flexibility index (Phi) is 4.17. The summed E-state index contributed by atoms with van der Waals surface area (Å²) in [4.78, 5) is 12.5. The van der Waals surface area contributed by atoms with Crippen LogP contribution < -0.4 is 10.6 Å². The molecule has 1 aromatic heterocycles. The lowest BCUT2D eigenvalue weighted by Crippen LogP contribution is -2.48. The van der Waals surface area contributed by atoms with Crippen LogP contribution in [0.4, 0.5) is 0 Å². The van der Waals surface area contributed by atoms with Gasteiger partial charge in [-0.15, -0.1) is 0 Å². The van der Waals surface area contributed by atoms with Crippen molar-refractivity contribution in [3.63, 3.8) is 0 Å². The molecule has 110 valence electrons. The van der Waals surface area contributed by atoms with E-state index < -0.39 is 0 Å². The standard InChI is InChI=1S/C15H22BrN3O/c1-2-5-19-9-10(16)6-14(19)15(20)18-13-7-11-3-4-12(8-13)17-11/h6,9,11-13,17H,2-5,7-8H2,1H3,(H,18,20). The first kappa shape index (κ1) is 14.1. The molecule has 2 saturated heterocycles. The molecule has 2 aliphatic heterocycles. The van der Waals surface area contributed by atoms with Crippen molar-refractivity contribution in [2.45, 2.75) is 63.7 Å². The van der Waals surface area contributed by atoms with Gasteiger partial charge in [-0.05, 0) is 54.1 Å². The zero-order valence-electron chi connectivity index (χ0n) is 11.9. The molecule has 0 radical (unpaired) electrons. The summed E-state index contributed by atoms with van der Waals surface area (Å²) >= 11 is 3.46. The first-order valence-corrected chi connectivity index (χ1v) is 8.37. The quantitative estimate of drug-likeness (QED) is 0.885. The van der Waals surface area contributed by atoms with Crippen LogP contribution >= 0.6 is 15.9 Å². The van der Waals surface area contributed by atoms with E-state index in [2.05, 4.69) is 33.5 Å². The van der Waals surface area contributed by atoms with Gasteiger partial charge in [0.1, 0.15) is 5.69 Å². The predicted molar refractivity (Wildman–Crippen MR) is 82.9 cm³/mol. The van der Waals surface area contributed by atoms with Crippen LogP contribution in [0.1, 0.15) is 49.5 Å². The van der Waals surface area contributed by atoms with Gasteiger partial charge in [-0.25, -0.2) is 0 Å². The Morgan fingerprint density at radius 2 is 2.15 bits per heavy atom. The zero-order chi connectivity index (χ0) is 14.1. The lowest BCUT2D eigenvalue weighted by atomic mass is 10.00. The van der Waals surface area contributed by atoms with E-state index in [1.54, 1.807) is 0 Å². The number of rotatable bonds is 4. The van der Waals surface area contributed by atoms with Gasteiger partial charge >= 0.3 is 0 Å². The van der Waals surface area contributed by atoms with E-state index >= 15 is 0 Å². The first-order valence-electron chi connectivity index (χ1n) is 7.58. The van der Waals surface area contributed by atoms with Crippen LogP contribution in [0.5, 0.6) is 0 Å². The van der Waals surface area contributed by atoms with Crippen molar-refractivity contribution in [2.75, 3.05) is 0 Å². The molecule has 0 spiro atoms. The summed E-state index contributed by atoms with van der Waals surface area (Å²) in [7, 11) is 0. The van der Waals surface area contributed by atoms with Gasteiger partial charge in [0, 0.05) is 35.3 Å². The highest BCUT2D eigenvalue weighted by molar-refractivity contribution is 9.10. The summed E-state index contributed by atoms with van der Waals surface area (Å²) < 4.78 is 3.01. The second-order valence-electron chi connectivity index (χ2n) is 6.02. The molecule has 2 fully saturated rings. The fraction of sp³-hybridized carbons (Fsp3) is 0.667. The lowest BCUT2D eigenvalue weighted by molar-refractivity contribution is 0.0914. The number of halogens is 1.